The summed E-state index contributed by atoms with van der Waals surface area (Å²) >= 11 is 11.6. The molecule has 1 amide bonds. The number of carbonyl (C=O) groups excluding carboxylic acids is 2. The van der Waals surface area contributed by atoms with E-state index in [9.17, 15) is 9.59 Å². The van der Waals surface area contributed by atoms with Crippen LogP contribution >= 0.6 is 23.2 Å². The molecule has 0 aliphatic rings. The summed E-state index contributed by atoms with van der Waals surface area (Å²) < 4.78 is 9.91. The second-order valence-corrected chi connectivity index (χ2v) is 5.31. The van der Waals surface area contributed by atoms with E-state index >= 15 is 0 Å². The predicted octanol–water partition coefficient (Wildman–Crippen LogP) is 3.47. The molecule has 0 fully saturated rings. The first-order chi connectivity index (χ1) is 10.4. The molecule has 0 unspecified atom stereocenters. The zero-order valence-electron chi connectivity index (χ0n) is 11.7. The van der Waals surface area contributed by atoms with Gasteiger partial charge in [0.1, 0.15) is 0 Å². The molecule has 0 aliphatic heterocycles. The van der Waals surface area contributed by atoms with E-state index in [0.717, 1.165) is 0 Å². The smallest absolute Gasteiger partial charge is 0.338 e. The summed E-state index contributed by atoms with van der Waals surface area (Å²) in [5, 5.41) is 6.63. The van der Waals surface area contributed by atoms with Crippen LogP contribution in [-0.4, -0.2) is 23.1 Å². The predicted molar refractivity (Wildman–Crippen MR) is 81.2 cm³/mol. The number of ether oxygens (including phenoxy) is 1. The summed E-state index contributed by atoms with van der Waals surface area (Å²) in [6.07, 6.45) is -1.02. The number of esters is 1. The third kappa shape index (κ3) is 3.99. The second kappa shape index (κ2) is 6.81. The number of hydrogen-bond acceptors (Lipinski definition) is 5. The van der Waals surface area contributed by atoms with Gasteiger partial charge in [-0.15, -0.1) is 0 Å². The summed E-state index contributed by atoms with van der Waals surface area (Å²) in [5.41, 5.74) is 0.820. The van der Waals surface area contributed by atoms with Crippen LogP contribution in [-0.2, 0) is 9.53 Å². The Morgan fingerprint density at radius 3 is 2.59 bits per heavy atom. The average molecular weight is 343 g/mol. The van der Waals surface area contributed by atoms with Gasteiger partial charge in [-0.05, 0) is 32.0 Å². The van der Waals surface area contributed by atoms with Gasteiger partial charge in [-0.25, -0.2) is 4.79 Å². The van der Waals surface area contributed by atoms with E-state index in [4.69, 9.17) is 32.5 Å². The number of carbonyl (C=O) groups is 2. The fraction of sp³-hybridized carbons (Fsp3) is 0.214. The Labute approximate surface area is 136 Å². The van der Waals surface area contributed by atoms with E-state index in [-0.39, 0.29) is 16.5 Å². The number of benzene rings is 1. The molecule has 1 N–H and O–H groups in total. The Kier molecular flexibility index (Phi) is 5.05. The van der Waals surface area contributed by atoms with Crippen LogP contribution in [0.3, 0.4) is 0 Å². The van der Waals surface area contributed by atoms with Crippen molar-refractivity contribution < 1.29 is 18.8 Å². The van der Waals surface area contributed by atoms with Crippen molar-refractivity contribution in [3.8, 4) is 0 Å². The number of hydrogen-bond donors (Lipinski definition) is 1. The Morgan fingerprint density at radius 2 is 2.00 bits per heavy atom. The maximum Gasteiger partial charge on any atom is 0.338 e. The molecule has 0 spiro atoms. The molecule has 1 aromatic heterocycles. The zero-order valence-corrected chi connectivity index (χ0v) is 13.2. The lowest BCUT2D eigenvalue weighted by atomic mass is 10.2. The largest absolute Gasteiger partial charge is 0.449 e. The van der Waals surface area contributed by atoms with Crippen LogP contribution in [0, 0.1) is 6.92 Å². The number of nitrogens with zero attached hydrogens (tertiary/aromatic N) is 1. The molecule has 22 heavy (non-hydrogen) atoms. The number of nitrogens with one attached hydrogen (secondary N) is 1. The number of aromatic nitrogens is 1. The minimum absolute atomic E-state index is 0.180. The van der Waals surface area contributed by atoms with Crippen LogP contribution < -0.4 is 5.32 Å². The van der Waals surface area contributed by atoms with Crippen molar-refractivity contribution in [2.24, 2.45) is 0 Å². The Bertz CT molecular complexity index is 715. The average Bonchev–Trinajstić information content (AvgIpc) is 2.86. The van der Waals surface area contributed by atoms with Gasteiger partial charge in [-0.2, -0.15) is 0 Å². The van der Waals surface area contributed by atoms with Crippen LogP contribution in [0.25, 0.3) is 0 Å². The van der Waals surface area contributed by atoms with E-state index in [2.05, 4.69) is 10.5 Å². The van der Waals surface area contributed by atoms with Crippen molar-refractivity contribution in [1.82, 2.24) is 5.16 Å². The first kappa shape index (κ1) is 16.3. The molecule has 0 radical (unpaired) electrons. The summed E-state index contributed by atoms with van der Waals surface area (Å²) in [5.74, 6) is -1.04. The van der Waals surface area contributed by atoms with E-state index in [0.29, 0.717) is 10.7 Å². The van der Waals surface area contributed by atoms with Crippen LogP contribution in [0.4, 0.5) is 5.88 Å². The second-order valence-electron chi connectivity index (χ2n) is 4.50. The lowest BCUT2D eigenvalue weighted by Crippen LogP contribution is -2.29. The zero-order chi connectivity index (χ0) is 16.3. The fourth-order valence-electron chi connectivity index (χ4n) is 1.55. The molecule has 1 heterocycles. The number of aryl methyl sites for hydroxylation is 1. The molecule has 0 bridgehead atoms. The monoisotopic (exact) mass is 342 g/mol. The van der Waals surface area contributed by atoms with Gasteiger partial charge in [-0.1, -0.05) is 28.4 Å². The normalized spacial score (nSPS) is 11.8. The lowest BCUT2D eigenvalue weighted by molar-refractivity contribution is -0.123. The van der Waals surface area contributed by atoms with Gasteiger partial charge >= 0.3 is 5.97 Å². The Balaban J connectivity index is 1.98. The SMILES string of the molecule is Cc1cc(NC(=O)[C@H](C)OC(=O)c2ccc(Cl)c(Cl)c2)on1. The van der Waals surface area contributed by atoms with E-state index < -0.39 is 18.0 Å². The minimum atomic E-state index is -1.02. The van der Waals surface area contributed by atoms with Gasteiger partial charge in [0, 0.05) is 6.07 Å². The van der Waals surface area contributed by atoms with Crippen LogP contribution in [0.15, 0.2) is 28.8 Å². The first-order valence-corrected chi connectivity index (χ1v) is 7.02. The van der Waals surface area contributed by atoms with Gasteiger partial charge in [0.05, 0.1) is 21.3 Å². The number of halogens is 2. The van der Waals surface area contributed by atoms with Crippen LogP contribution in [0.1, 0.15) is 23.0 Å². The Morgan fingerprint density at radius 1 is 1.27 bits per heavy atom. The number of amides is 1. The molecule has 8 heteroatoms. The molecular formula is C14H12Cl2N2O4. The summed E-state index contributed by atoms with van der Waals surface area (Å²) in [7, 11) is 0. The van der Waals surface area contributed by atoms with Gasteiger partial charge in [0.25, 0.3) is 5.91 Å². The molecule has 0 aliphatic carbocycles. The molecule has 1 aromatic carbocycles. The van der Waals surface area contributed by atoms with Crippen molar-refractivity contribution in [1.29, 1.82) is 0 Å². The third-order valence-electron chi connectivity index (χ3n) is 2.68. The first-order valence-electron chi connectivity index (χ1n) is 6.27. The summed E-state index contributed by atoms with van der Waals surface area (Å²) in [6.45, 7) is 3.15. The quantitative estimate of drug-likeness (QED) is 0.860. The van der Waals surface area contributed by atoms with E-state index in [1.165, 1.54) is 25.1 Å². The van der Waals surface area contributed by atoms with E-state index in [1.54, 1.807) is 13.0 Å². The fourth-order valence-corrected chi connectivity index (χ4v) is 1.85. The maximum atomic E-state index is 11.9. The highest BCUT2D eigenvalue weighted by Gasteiger charge is 2.20. The van der Waals surface area contributed by atoms with Gasteiger partial charge in [0.2, 0.25) is 5.88 Å². The van der Waals surface area contributed by atoms with Crippen LogP contribution in [0.5, 0.6) is 0 Å². The lowest BCUT2D eigenvalue weighted by Gasteiger charge is -2.12. The van der Waals surface area contributed by atoms with Crippen molar-refractivity contribution in [2.75, 3.05) is 5.32 Å². The number of rotatable bonds is 4. The molecule has 2 aromatic rings. The van der Waals surface area contributed by atoms with Crippen molar-refractivity contribution in [2.45, 2.75) is 20.0 Å². The van der Waals surface area contributed by atoms with Gasteiger partial charge in [-0.3, -0.25) is 10.1 Å². The van der Waals surface area contributed by atoms with Crippen LogP contribution in [0.2, 0.25) is 10.0 Å². The van der Waals surface area contributed by atoms with Crippen molar-refractivity contribution in [3.63, 3.8) is 0 Å². The molecule has 6 nitrogen and oxygen atoms in total. The number of anilines is 1. The molecule has 1 atom stereocenters. The topological polar surface area (TPSA) is 81.4 Å². The van der Waals surface area contributed by atoms with Crippen molar-refractivity contribution >= 4 is 41.0 Å². The summed E-state index contributed by atoms with van der Waals surface area (Å²) in [6, 6.07) is 5.85. The van der Waals surface area contributed by atoms with E-state index in [1.807, 2.05) is 0 Å². The maximum absolute atomic E-state index is 11.9. The highest BCUT2D eigenvalue weighted by molar-refractivity contribution is 6.42. The highest BCUT2D eigenvalue weighted by atomic mass is 35.5. The van der Waals surface area contributed by atoms with Crippen molar-refractivity contribution in [3.05, 3.63) is 45.6 Å². The van der Waals surface area contributed by atoms with Gasteiger partial charge < -0.3 is 9.26 Å². The summed E-state index contributed by atoms with van der Waals surface area (Å²) in [4.78, 5) is 23.8. The third-order valence-corrected chi connectivity index (χ3v) is 3.42. The molecule has 0 saturated carbocycles. The highest BCUT2D eigenvalue weighted by Crippen LogP contribution is 2.23. The molecule has 2 rings (SSSR count). The minimum Gasteiger partial charge on any atom is -0.449 e. The standard InChI is InChI=1S/C14H12Cl2N2O4/c1-7-5-12(22-18-7)17-13(19)8(2)21-14(20)9-3-4-10(15)11(16)6-9/h3-6,8H,1-2H3,(H,17,19)/t8-/m0/s1. The molecular weight excluding hydrogens is 331 g/mol. The van der Waals surface area contributed by atoms with Gasteiger partial charge in [0.15, 0.2) is 6.10 Å². The molecule has 0 saturated heterocycles. The Hall–Kier alpha value is -2.05. The molecule has 116 valence electrons.